The Labute approximate surface area is 158 Å². The van der Waals surface area contributed by atoms with E-state index in [9.17, 15) is 14.0 Å². The van der Waals surface area contributed by atoms with Crippen molar-refractivity contribution in [1.29, 1.82) is 0 Å². The Morgan fingerprint density at radius 2 is 2.00 bits per heavy atom. The van der Waals surface area contributed by atoms with Crippen LogP contribution in [0.4, 0.5) is 4.39 Å². The van der Waals surface area contributed by atoms with Gasteiger partial charge in [0.2, 0.25) is 5.91 Å². The molecule has 0 spiro atoms. The van der Waals surface area contributed by atoms with E-state index in [0.717, 1.165) is 30.6 Å². The smallest absolute Gasteiger partial charge is 0.260 e. The number of carbonyl (C=O) groups is 1. The number of rotatable bonds is 3. The largest absolute Gasteiger partial charge is 0.341 e. The summed E-state index contributed by atoms with van der Waals surface area (Å²) in [6.07, 6.45) is 3.69. The number of hydrogen-bond acceptors (Lipinski definition) is 3. The molecule has 26 heavy (non-hydrogen) atoms. The van der Waals surface area contributed by atoms with Crippen molar-refractivity contribution in [2.45, 2.75) is 19.4 Å². The van der Waals surface area contributed by atoms with Crippen LogP contribution >= 0.6 is 22.9 Å². The van der Waals surface area contributed by atoms with Gasteiger partial charge in [-0.3, -0.25) is 9.59 Å². The van der Waals surface area contributed by atoms with Crippen molar-refractivity contribution in [3.8, 4) is 11.1 Å². The summed E-state index contributed by atoms with van der Waals surface area (Å²) >= 11 is 7.33. The van der Waals surface area contributed by atoms with E-state index >= 15 is 0 Å². The molecular weight excluding hydrogens is 375 g/mol. The van der Waals surface area contributed by atoms with Gasteiger partial charge in [-0.15, -0.1) is 11.3 Å². The number of nitrogens with zero attached hydrogens (tertiary/aromatic N) is 2. The molecule has 0 aliphatic carbocycles. The molecule has 2 aromatic heterocycles. The Bertz CT molecular complexity index is 1050. The van der Waals surface area contributed by atoms with Crippen LogP contribution in [0.25, 0.3) is 21.2 Å². The quantitative estimate of drug-likeness (QED) is 0.674. The summed E-state index contributed by atoms with van der Waals surface area (Å²) in [6, 6.07) is 6.26. The summed E-state index contributed by atoms with van der Waals surface area (Å²) in [5.74, 6) is -0.533. The highest BCUT2D eigenvalue weighted by Gasteiger charge is 2.20. The molecule has 1 saturated heterocycles. The maximum Gasteiger partial charge on any atom is 0.260 e. The number of likely N-dealkylation sites (tertiary alicyclic amines) is 1. The predicted octanol–water partition coefficient (Wildman–Crippen LogP) is 4.14. The van der Waals surface area contributed by atoms with Crippen molar-refractivity contribution in [3.63, 3.8) is 0 Å². The zero-order valence-electron chi connectivity index (χ0n) is 13.9. The molecule has 134 valence electrons. The van der Waals surface area contributed by atoms with Gasteiger partial charge in [0.15, 0.2) is 0 Å². The summed E-state index contributed by atoms with van der Waals surface area (Å²) in [7, 11) is 0. The van der Waals surface area contributed by atoms with Gasteiger partial charge in [0.25, 0.3) is 5.56 Å². The highest BCUT2D eigenvalue weighted by molar-refractivity contribution is 7.17. The minimum Gasteiger partial charge on any atom is -0.341 e. The first-order valence-electron chi connectivity index (χ1n) is 8.38. The topological polar surface area (TPSA) is 42.3 Å². The molecule has 1 fully saturated rings. The molecule has 3 aromatic rings. The molecule has 3 heterocycles. The van der Waals surface area contributed by atoms with E-state index in [0.29, 0.717) is 16.5 Å². The Hall–Kier alpha value is -2.18. The Morgan fingerprint density at radius 1 is 1.23 bits per heavy atom. The normalized spacial score (nSPS) is 14.3. The summed E-state index contributed by atoms with van der Waals surface area (Å²) in [5, 5.41) is 2.42. The highest BCUT2D eigenvalue weighted by atomic mass is 35.5. The summed E-state index contributed by atoms with van der Waals surface area (Å²) in [4.78, 5) is 27.2. The molecule has 0 saturated carbocycles. The number of fused-ring (bicyclic) bond motifs is 1. The molecular formula is C19H16ClFN2O2S. The Balaban J connectivity index is 1.75. The lowest BCUT2D eigenvalue weighted by molar-refractivity contribution is -0.130. The third-order valence-corrected chi connectivity index (χ3v) is 5.93. The van der Waals surface area contributed by atoms with Gasteiger partial charge < -0.3 is 9.47 Å². The van der Waals surface area contributed by atoms with Crippen LogP contribution < -0.4 is 5.56 Å². The van der Waals surface area contributed by atoms with Gasteiger partial charge in [0, 0.05) is 34.9 Å². The van der Waals surface area contributed by atoms with Gasteiger partial charge in [0.1, 0.15) is 12.4 Å². The van der Waals surface area contributed by atoms with Crippen LogP contribution in [-0.4, -0.2) is 28.5 Å². The molecule has 4 nitrogen and oxygen atoms in total. The maximum absolute atomic E-state index is 13.5. The fraction of sp³-hybridized carbons (Fsp3) is 0.263. The standard InChI is InChI=1S/C19H16ClFN2O2S/c20-14-9-12(3-4-15(14)21)13-11-26-16-5-8-23(19(25)18(13)16)10-17(24)22-6-1-2-7-22/h3-5,8-9,11H,1-2,6-7,10H2. The zero-order chi connectivity index (χ0) is 18.3. The third-order valence-electron chi connectivity index (χ3n) is 4.70. The second-order valence-electron chi connectivity index (χ2n) is 6.35. The van der Waals surface area contributed by atoms with Crippen LogP contribution in [0.5, 0.6) is 0 Å². The van der Waals surface area contributed by atoms with E-state index in [1.165, 1.54) is 28.0 Å². The second kappa shape index (κ2) is 6.85. The lowest BCUT2D eigenvalue weighted by Crippen LogP contribution is -2.34. The molecule has 0 bridgehead atoms. The van der Waals surface area contributed by atoms with E-state index < -0.39 is 5.82 Å². The van der Waals surface area contributed by atoms with Gasteiger partial charge in [-0.05, 0) is 36.6 Å². The van der Waals surface area contributed by atoms with Gasteiger partial charge in [0.05, 0.1) is 10.4 Å². The van der Waals surface area contributed by atoms with E-state index in [1.54, 1.807) is 17.2 Å². The van der Waals surface area contributed by atoms with Gasteiger partial charge >= 0.3 is 0 Å². The lowest BCUT2D eigenvalue weighted by Gasteiger charge is -2.16. The van der Waals surface area contributed by atoms with Crippen molar-refractivity contribution in [2.75, 3.05) is 13.1 Å². The molecule has 4 rings (SSSR count). The first kappa shape index (κ1) is 17.2. The monoisotopic (exact) mass is 390 g/mol. The lowest BCUT2D eigenvalue weighted by atomic mass is 10.1. The van der Waals surface area contributed by atoms with Crippen molar-refractivity contribution < 1.29 is 9.18 Å². The number of amides is 1. The minimum atomic E-state index is -0.497. The fourth-order valence-electron chi connectivity index (χ4n) is 3.30. The number of pyridine rings is 1. The molecule has 0 N–H and O–H groups in total. The Kier molecular flexibility index (Phi) is 4.54. The SMILES string of the molecule is O=C(Cn1ccc2scc(-c3ccc(F)c(Cl)c3)c2c1=O)N1CCCC1. The molecule has 1 aliphatic heterocycles. The average Bonchev–Trinajstić information content (AvgIpc) is 3.29. The summed E-state index contributed by atoms with van der Waals surface area (Å²) in [5.41, 5.74) is 1.18. The third kappa shape index (κ3) is 3.04. The van der Waals surface area contributed by atoms with E-state index in [1.807, 2.05) is 11.4 Å². The zero-order valence-corrected chi connectivity index (χ0v) is 15.4. The van der Waals surface area contributed by atoms with Crippen LogP contribution in [0.1, 0.15) is 12.8 Å². The highest BCUT2D eigenvalue weighted by Crippen LogP contribution is 2.33. The molecule has 1 aliphatic rings. The Morgan fingerprint density at radius 3 is 2.73 bits per heavy atom. The second-order valence-corrected chi connectivity index (χ2v) is 7.67. The number of benzene rings is 1. The van der Waals surface area contributed by atoms with Crippen molar-refractivity contribution in [3.05, 3.63) is 57.0 Å². The molecule has 0 radical (unpaired) electrons. The summed E-state index contributed by atoms with van der Waals surface area (Å²) in [6.45, 7) is 1.55. The molecule has 0 unspecified atom stereocenters. The van der Waals surface area contributed by atoms with E-state index in [2.05, 4.69) is 0 Å². The first-order valence-corrected chi connectivity index (χ1v) is 9.64. The van der Waals surface area contributed by atoms with E-state index in [4.69, 9.17) is 11.6 Å². The van der Waals surface area contributed by atoms with E-state index in [-0.39, 0.29) is 23.0 Å². The van der Waals surface area contributed by atoms with Gasteiger partial charge in [-0.2, -0.15) is 0 Å². The number of hydrogen-bond donors (Lipinski definition) is 0. The van der Waals surface area contributed by atoms with Crippen LogP contribution in [-0.2, 0) is 11.3 Å². The van der Waals surface area contributed by atoms with Crippen molar-refractivity contribution >= 4 is 38.9 Å². The average molecular weight is 391 g/mol. The van der Waals surface area contributed by atoms with Crippen molar-refractivity contribution in [2.24, 2.45) is 0 Å². The van der Waals surface area contributed by atoms with Crippen LogP contribution in [0.2, 0.25) is 5.02 Å². The van der Waals surface area contributed by atoms with Gasteiger partial charge in [-0.25, -0.2) is 4.39 Å². The number of aromatic nitrogens is 1. The van der Waals surface area contributed by atoms with Gasteiger partial charge in [-0.1, -0.05) is 17.7 Å². The molecule has 1 amide bonds. The first-order chi connectivity index (χ1) is 12.5. The molecule has 0 atom stereocenters. The summed E-state index contributed by atoms with van der Waals surface area (Å²) < 4.78 is 15.7. The number of halogens is 2. The molecule has 1 aromatic carbocycles. The minimum absolute atomic E-state index is 0.0160. The van der Waals surface area contributed by atoms with Crippen molar-refractivity contribution in [1.82, 2.24) is 9.47 Å². The molecule has 7 heteroatoms. The van der Waals surface area contributed by atoms with Crippen LogP contribution in [0.3, 0.4) is 0 Å². The fourth-order valence-corrected chi connectivity index (χ4v) is 4.43. The van der Waals surface area contributed by atoms with Crippen LogP contribution in [0.15, 0.2) is 40.6 Å². The number of thiophene rings is 1. The number of carbonyl (C=O) groups excluding carboxylic acids is 1. The maximum atomic E-state index is 13.5. The predicted molar refractivity (Wildman–Crippen MR) is 102 cm³/mol. The van der Waals surface area contributed by atoms with Crippen LogP contribution in [0, 0.1) is 5.82 Å².